The van der Waals surface area contributed by atoms with Crippen LogP contribution in [-0.2, 0) is 6.54 Å². The average Bonchev–Trinajstić information content (AvgIpc) is 3.10. The summed E-state index contributed by atoms with van der Waals surface area (Å²) in [6.45, 7) is 11.7. The third-order valence-corrected chi connectivity index (χ3v) is 5.87. The first-order valence-electron chi connectivity index (χ1n) is 9.32. The molecule has 2 aliphatic rings. The predicted molar refractivity (Wildman–Crippen MR) is 102 cm³/mol. The fourth-order valence-corrected chi connectivity index (χ4v) is 3.88. The van der Waals surface area contributed by atoms with E-state index in [-0.39, 0.29) is 0 Å². The number of aryl methyl sites for hydroxylation is 1. The highest BCUT2D eigenvalue weighted by Gasteiger charge is 2.33. The van der Waals surface area contributed by atoms with Crippen LogP contribution in [0.2, 0.25) is 0 Å². The van der Waals surface area contributed by atoms with E-state index in [4.69, 9.17) is 4.99 Å². The molecule has 0 radical (unpaired) electrons. The van der Waals surface area contributed by atoms with Crippen molar-refractivity contribution in [2.75, 3.05) is 26.2 Å². The minimum Gasteiger partial charge on any atom is -0.357 e. The van der Waals surface area contributed by atoms with Crippen LogP contribution in [0.1, 0.15) is 43.8 Å². The normalized spacial score (nSPS) is 25.7. The summed E-state index contributed by atoms with van der Waals surface area (Å²) in [5, 5.41) is 10.3. The molecule has 0 spiro atoms. The van der Waals surface area contributed by atoms with Gasteiger partial charge in [-0.05, 0) is 58.0 Å². The number of nitrogens with zero attached hydrogens (tertiary/aromatic N) is 3. The molecule has 2 N–H and O–H groups in total. The molecule has 24 heavy (non-hydrogen) atoms. The van der Waals surface area contributed by atoms with Gasteiger partial charge in [0.25, 0.3) is 0 Å². The van der Waals surface area contributed by atoms with Crippen LogP contribution in [0.15, 0.2) is 10.4 Å². The minimum absolute atomic E-state index is 0.631. The number of piperidine rings is 1. The summed E-state index contributed by atoms with van der Waals surface area (Å²) in [7, 11) is 0. The van der Waals surface area contributed by atoms with Crippen molar-refractivity contribution >= 4 is 17.3 Å². The molecule has 5 nitrogen and oxygen atoms in total. The van der Waals surface area contributed by atoms with Gasteiger partial charge in [-0.3, -0.25) is 9.89 Å². The third kappa shape index (κ3) is 5.18. The average molecular weight is 350 g/mol. The first-order chi connectivity index (χ1) is 11.6. The Balaban J connectivity index is 1.41. The summed E-state index contributed by atoms with van der Waals surface area (Å²) < 4.78 is 0. The van der Waals surface area contributed by atoms with E-state index in [1.54, 1.807) is 11.3 Å². The highest BCUT2D eigenvalue weighted by Crippen LogP contribution is 2.28. The highest BCUT2D eigenvalue weighted by atomic mass is 32.1. The molecule has 0 amide bonds. The van der Waals surface area contributed by atoms with Crippen molar-refractivity contribution in [2.24, 2.45) is 16.8 Å². The lowest BCUT2D eigenvalue weighted by Crippen LogP contribution is -2.40. The summed E-state index contributed by atoms with van der Waals surface area (Å²) >= 11 is 1.75. The second kappa shape index (κ2) is 8.30. The number of hydrogen-bond donors (Lipinski definition) is 2. The highest BCUT2D eigenvalue weighted by molar-refractivity contribution is 7.09. The molecule has 2 heterocycles. The van der Waals surface area contributed by atoms with Crippen molar-refractivity contribution in [3.05, 3.63) is 16.1 Å². The van der Waals surface area contributed by atoms with E-state index in [1.807, 2.05) is 0 Å². The fourth-order valence-electron chi connectivity index (χ4n) is 3.28. The van der Waals surface area contributed by atoms with Crippen LogP contribution in [0.3, 0.4) is 0 Å². The van der Waals surface area contributed by atoms with Gasteiger partial charge in [0.1, 0.15) is 0 Å². The molecule has 0 aromatic carbocycles. The Morgan fingerprint density at radius 3 is 2.75 bits per heavy atom. The zero-order valence-electron chi connectivity index (χ0n) is 15.2. The van der Waals surface area contributed by atoms with Crippen LogP contribution in [0, 0.1) is 18.8 Å². The topological polar surface area (TPSA) is 52.6 Å². The quantitative estimate of drug-likeness (QED) is 0.612. The Hall–Kier alpha value is -1.14. The molecule has 134 valence electrons. The van der Waals surface area contributed by atoms with Gasteiger partial charge in [-0.2, -0.15) is 0 Å². The molecule has 0 bridgehead atoms. The summed E-state index contributed by atoms with van der Waals surface area (Å²) in [6, 6.07) is 0.631. The van der Waals surface area contributed by atoms with E-state index in [2.05, 4.69) is 46.7 Å². The maximum absolute atomic E-state index is 4.83. The van der Waals surface area contributed by atoms with E-state index in [0.717, 1.165) is 31.5 Å². The molecule has 3 rings (SSSR count). The number of rotatable bonds is 6. The van der Waals surface area contributed by atoms with Crippen LogP contribution >= 0.6 is 11.3 Å². The van der Waals surface area contributed by atoms with Crippen LogP contribution in [0.5, 0.6) is 0 Å². The number of likely N-dealkylation sites (tertiary alicyclic amines) is 1. The summed E-state index contributed by atoms with van der Waals surface area (Å²) in [6.07, 6.45) is 3.76. The van der Waals surface area contributed by atoms with Crippen molar-refractivity contribution in [1.82, 2.24) is 20.5 Å². The molecule has 1 aliphatic carbocycles. The SMILES string of the molecule is CCNC(=NCC1CCN(Cc2csc(C)n2)CC1)NC1CC1C. The van der Waals surface area contributed by atoms with E-state index in [0.29, 0.717) is 12.0 Å². The van der Waals surface area contributed by atoms with Crippen LogP contribution < -0.4 is 10.6 Å². The number of thiazole rings is 1. The Bertz CT molecular complexity index is 547. The molecule has 2 atom stereocenters. The van der Waals surface area contributed by atoms with E-state index < -0.39 is 0 Å². The van der Waals surface area contributed by atoms with Crippen molar-refractivity contribution in [3.63, 3.8) is 0 Å². The molecule has 1 saturated carbocycles. The Labute approximate surface area is 150 Å². The number of aromatic nitrogens is 1. The summed E-state index contributed by atoms with van der Waals surface area (Å²) in [5.41, 5.74) is 1.23. The molecular weight excluding hydrogens is 318 g/mol. The second-order valence-corrected chi connectivity index (χ2v) is 8.32. The zero-order valence-corrected chi connectivity index (χ0v) is 16.0. The lowest BCUT2D eigenvalue weighted by molar-refractivity contribution is 0.179. The van der Waals surface area contributed by atoms with Crippen molar-refractivity contribution in [3.8, 4) is 0 Å². The largest absolute Gasteiger partial charge is 0.357 e. The predicted octanol–water partition coefficient (Wildman–Crippen LogP) is 2.63. The van der Waals surface area contributed by atoms with Crippen LogP contribution in [0.4, 0.5) is 0 Å². The van der Waals surface area contributed by atoms with Gasteiger partial charge in [-0.25, -0.2) is 4.98 Å². The molecular formula is C18H31N5S. The lowest BCUT2D eigenvalue weighted by Gasteiger charge is -2.30. The van der Waals surface area contributed by atoms with Crippen molar-refractivity contribution in [1.29, 1.82) is 0 Å². The standard InChI is InChI=1S/C18H31N5S/c1-4-19-18(22-17-9-13(17)2)20-10-15-5-7-23(8-6-15)11-16-12-24-14(3)21-16/h12-13,15,17H,4-11H2,1-3H3,(H2,19,20,22). The summed E-state index contributed by atoms with van der Waals surface area (Å²) in [5.74, 6) is 2.52. The van der Waals surface area contributed by atoms with Gasteiger partial charge < -0.3 is 10.6 Å². The van der Waals surface area contributed by atoms with Gasteiger partial charge in [-0.15, -0.1) is 11.3 Å². The first-order valence-corrected chi connectivity index (χ1v) is 10.2. The third-order valence-electron chi connectivity index (χ3n) is 5.04. The van der Waals surface area contributed by atoms with E-state index in [9.17, 15) is 0 Å². The van der Waals surface area contributed by atoms with Gasteiger partial charge in [0.2, 0.25) is 0 Å². The molecule has 6 heteroatoms. The number of nitrogens with one attached hydrogen (secondary N) is 2. The monoisotopic (exact) mass is 349 g/mol. The van der Waals surface area contributed by atoms with Crippen molar-refractivity contribution < 1.29 is 0 Å². The number of guanidine groups is 1. The maximum Gasteiger partial charge on any atom is 0.191 e. The molecule has 1 aromatic heterocycles. The number of aliphatic imine (C=N–C) groups is 1. The van der Waals surface area contributed by atoms with Gasteiger partial charge in [0, 0.05) is 31.1 Å². The first kappa shape index (κ1) is 17.7. The van der Waals surface area contributed by atoms with E-state index >= 15 is 0 Å². The Kier molecular flexibility index (Phi) is 6.11. The second-order valence-electron chi connectivity index (χ2n) is 7.26. The molecule has 2 unspecified atom stereocenters. The lowest BCUT2D eigenvalue weighted by atomic mass is 9.97. The van der Waals surface area contributed by atoms with Gasteiger partial charge >= 0.3 is 0 Å². The van der Waals surface area contributed by atoms with Crippen LogP contribution in [0.25, 0.3) is 0 Å². The number of hydrogen-bond acceptors (Lipinski definition) is 4. The Morgan fingerprint density at radius 2 is 2.17 bits per heavy atom. The Morgan fingerprint density at radius 1 is 1.42 bits per heavy atom. The van der Waals surface area contributed by atoms with Crippen LogP contribution in [-0.4, -0.2) is 48.1 Å². The zero-order chi connectivity index (χ0) is 16.9. The molecule has 1 aromatic rings. The molecule has 1 saturated heterocycles. The maximum atomic E-state index is 4.83. The van der Waals surface area contributed by atoms with Gasteiger partial charge in [-0.1, -0.05) is 6.92 Å². The smallest absolute Gasteiger partial charge is 0.191 e. The van der Waals surface area contributed by atoms with Crippen molar-refractivity contribution in [2.45, 2.75) is 52.6 Å². The van der Waals surface area contributed by atoms with E-state index in [1.165, 1.54) is 43.1 Å². The van der Waals surface area contributed by atoms with Gasteiger partial charge in [0.15, 0.2) is 5.96 Å². The summed E-state index contributed by atoms with van der Waals surface area (Å²) in [4.78, 5) is 11.9. The molecule has 1 aliphatic heterocycles. The molecule has 2 fully saturated rings. The van der Waals surface area contributed by atoms with Gasteiger partial charge in [0.05, 0.1) is 10.7 Å². The minimum atomic E-state index is 0.631. The fraction of sp³-hybridized carbons (Fsp3) is 0.778.